The van der Waals surface area contributed by atoms with Crippen LogP contribution in [-0.2, 0) is 0 Å². The average Bonchev–Trinajstić information content (AvgIpc) is 2.53. The summed E-state index contributed by atoms with van der Waals surface area (Å²) in [4.78, 5) is 0. The van der Waals surface area contributed by atoms with E-state index in [1.54, 1.807) is 0 Å². The summed E-state index contributed by atoms with van der Waals surface area (Å²) in [5.74, 6) is 0. The maximum Gasteiger partial charge on any atom is 0.0576 e. The van der Waals surface area contributed by atoms with E-state index in [2.05, 4.69) is 83.6 Å². The minimum atomic E-state index is 0.242. The van der Waals surface area contributed by atoms with Crippen molar-refractivity contribution in [1.82, 2.24) is 21.3 Å². The van der Waals surface area contributed by atoms with Crippen LogP contribution in [0.4, 0.5) is 0 Å². The average molecular weight is 395 g/mol. The molecule has 2 heterocycles. The van der Waals surface area contributed by atoms with Gasteiger partial charge in [0, 0.05) is 38.3 Å². The van der Waals surface area contributed by atoms with Gasteiger partial charge in [-0.1, -0.05) is 81.6 Å². The second-order valence-corrected chi connectivity index (χ2v) is 12.4. The molecule has 2 fully saturated rings. The van der Waals surface area contributed by atoms with Crippen LogP contribution in [0.5, 0.6) is 0 Å². The van der Waals surface area contributed by atoms with Crippen molar-refractivity contribution in [2.75, 3.05) is 26.2 Å². The number of unbranched alkanes of at least 4 members (excludes halogenated alkanes) is 2. The maximum absolute atomic E-state index is 4.15. The number of nitrogens with one attached hydrogen (secondary N) is 4. The first-order valence-corrected chi connectivity index (χ1v) is 11.8. The third kappa shape index (κ3) is 5.71. The van der Waals surface area contributed by atoms with Crippen LogP contribution < -0.4 is 21.3 Å². The summed E-state index contributed by atoms with van der Waals surface area (Å²) >= 11 is 0. The fourth-order valence-corrected chi connectivity index (χ4v) is 6.06. The van der Waals surface area contributed by atoms with Crippen molar-refractivity contribution in [2.45, 2.75) is 106 Å². The fourth-order valence-electron chi connectivity index (χ4n) is 6.06. The van der Waals surface area contributed by atoms with Gasteiger partial charge >= 0.3 is 0 Å². The Morgan fingerprint density at radius 3 is 1.36 bits per heavy atom. The van der Waals surface area contributed by atoms with Crippen LogP contribution in [0.1, 0.15) is 88.0 Å². The highest BCUT2D eigenvalue weighted by atomic mass is 15.2. The second-order valence-electron chi connectivity index (χ2n) is 12.4. The smallest absolute Gasteiger partial charge is 0.0576 e. The van der Waals surface area contributed by atoms with Crippen molar-refractivity contribution in [2.24, 2.45) is 21.7 Å². The third-order valence-corrected chi connectivity index (χ3v) is 7.28. The van der Waals surface area contributed by atoms with Crippen LogP contribution in [0.15, 0.2) is 0 Å². The van der Waals surface area contributed by atoms with Gasteiger partial charge in [0.2, 0.25) is 0 Å². The van der Waals surface area contributed by atoms with Crippen molar-refractivity contribution in [3.05, 3.63) is 0 Å². The Hall–Kier alpha value is -0.160. The van der Waals surface area contributed by atoms with Gasteiger partial charge in [-0.3, -0.25) is 10.6 Å². The molecule has 0 atom stereocenters. The Bertz CT molecular complexity index is 423. The Labute approximate surface area is 175 Å². The van der Waals surface area contributed by atoms with Crippen LogP contribution in [0.3, 0.4) is 0 Å². The van der Waals surface area contributed by atoms with E-state index in [1.807, 2.05) is 0 Å². The van der Waals surface area contributed by atoms with E-state index in [1.165, 1.54) is 25.7 Å². The van der Waals surface area contributed by atoms with E-state index in [0.29, 0.717) is 18.2 Å². The standard InChI is InChI=1S/C24H50N4/c1-10-11-12-13-18(27-19-21(2,3)14-25-15-22(19,4)5)28-20-23(6,7)16-26-17-24(20,8)9/h18-20,25-28H,10-17H2,1-9H3. The zero-order valence-corrected chi connectivity index (χ0v) is 20.4. The molecule has 2 saturated heterocycles. The first kappa shape index (κ1) is 24.1. The highest BCUT2D eigenvalue weighted by Gasteiger charge is 2.47. The summed E-state index contributed by atoms with van der Waals surface area (Å²) < 4.78 is 0. The van der Waals surface area contributed by atoms with Gasteiger partial charge in [-0.2, -0.15) is 0 Å². The molecule has 2 aliphatic rings. The number of hydrogen-bond acceptors (Lipinski definition) is 4. The number of piperidine rings is 2. The first-order chi connectivity index (χ1) is 12.8. The Balaban J connectivity index is 2.21. The van der Waals surface area contributed by atoms with Crippen LogP contribution in [0.2, 0.25) is 0 Å². The van der Waals surface area contributed by atoms with Crippen molar-refractivity contribution >= 4 is 0 Å². The molecule has 0 radical (unpaired) electrons. The Kier molecular flexibility index (Phi) is 7.68. The van der Waals surface area contributed by atoms with Gasteiger partial charge in [0.1, 0.15) is 0 Å². The molecule has 166 valence electrons. The summed E-state index contributed by atoms with van der Waals surface area (Å²) in [6, 6.07) is 0.988. The third-order valence-electron chi connectivity index (χ3n) is 7.28. The molecule has 2 aliphatic heterocycles. The van der Waals surface area contributed by atoms with Gasteiger partial charge in [-0.05, 0) is 28.1 Å². The fraction of sp³-hybridized carbons (Fsp3) is 1.00. The molecule has 0 amide bonds. The van der Waals surface area contributed by atoms with E-state index >= 15 is 0 Å². The lowest BCUT2D eigenvalue weighted by atomic mass is 9.66. The van der Waals surface area contributed by atoms with Crippen molar-refractivity contribution in [3.8, 4) is 0 Å². The zero-order chi connectivity index (χ0) is 21.2. The first-order valence-electron chi connectivity index (χ1n) is 11.8. The molecule has 4 heteroatoms. The molecular formula is C24H50N4. The molecule has 0 spiro atoms. The predicted octanol–water partition coefficient (Wildman–Crippen LogP) is 4.12. The molecule has 0 unspecified atom stereocenters. The van der Waals surface area contributed by atoms with Gasteiger partial charge in [0.15, 0.2) is 0 Å². The molecule has 0 bridgehead atoms. The van der Waals surface area contributed by atoms with Crippen LogP contribution >= 0.6 is 0 Å². The lowest BCUT2D eigenvalue weighted by molar-refractivity contribution is 0.0235. The summed E-state index contributed by atoms with van der Waals surface area (Å²) in [7, 11) is 0. The van der Waals surface area contributed by atoms with Crippen molar-refractivity contribution < 1.29 is 0 Å². The molecule has 4 N–H and O–H groups in total. The Morgan fingerprint density at radius 1 is 0.679 bits per heavy atom. The highest BCUT2D eigenvalue weighted by molar-refractivity contribution is 5.04. The highest BCUT2D eigenvalue weighted by Crippen LogP contribution is 2.39. The molecule has 0 aromatic heterocycles. The van der Waals surface area contributed by atoms with Crippen LogP contribution in [0, 0.1) is 21.7 Å². The minimum absolute atomic E-state index is 0.242. The topological polar surface area (TPSA) is 48.1 Å². The van der Waals surface area contributed by atoms with Crippen LogP contribution in [-0.4, -0.2) is 44.4 Å². The van der Waals surface area contributed by atoms with Gasteiger partial charge < -0.3 is 10.6 Å². The van der Waals surface area contributed by atoms with Gasteiger partial charge in [-0.25, -0.2) is 0 Å². The summed E-state index contributed by atoms with van der Waals surface area (Å²) in [6.45, 7) is 26.0. The molecule has 0 saturated carbocycles. The SMILES string of the molecule is CCCCCC(NC1C(C)(C)CNCC1(C)C)NC1C(C)(C)CNCC1(C)C. The molecule has 0 aromatic carbocycles. The normalized spacial score (nSPS) is 27.2. The van der Waals surface area contributed by atoms with Crippen molar-refractivity contribution in [1.29, 1.82) is 0 Å². The van der Waals surface area contributed by atoms with Gasteiger partial charge in [0.25, 0.3) is 0 Å². The molecule has 2 rings (SSSR count). The van der Waals surface area contributed by atoms with Gasteiger partial charge in [-0.15, -0.1) is 0 Å². The quantitative estimate of drug-likeness (QED) is 0.369. The summed E-state index contributed by atoms with van der Waals surface area (Å²) in [6.07, 6.45) is 5.47. The van der Waals surface area contributed by atoms with Gasteiger partial charge in [0.05, 0.1) is 6.17 Å². The second kappa shape index (κ2) is 8.91. The van der Waals surface area contributed by atoms with E-state index in [4.69, 9.17) is 0 Å². The lowest BCUT2D eigenvalue weighted by Gasteiger charge is -2.54. The zero-order valence-electron chi connectivity index (χ0n) is 20.4. The van der Waals surface area contributed by atoms with E-state index in [9.17, 15) is 0 Å². The van der Waals surface area contributed by atoms with E-state index < -0.39 is 0 Å². The monoisotopic (exact) mass is 394 g/mol. The summed E-state index contributed by atoms with van der Waals surface area (Å²) in [5.41, 5.74) is 0.967. The molecule has 0 aliphatic carbocycles. The maximum atomic E-state index is 4.15. The lowest BCUT2D eigenvalue weighted by Crippen LogP contribution is -2.69. The Morgan fingerprint density at radius 2 is 1.04 bits per heavy atom. The van der Waals surface area contributed by atoms with Crippen LogP contribution in [0.25, 0.3) is 0 Å². The molecular weight excluding hydrogens is 344 g/mol. The molecule has 4 nitrogen and oxygen atoms in total. The summed E-state index contributed by atoms with van der Waals surface area (Å²) in [5, 5.41) is 15.6. The number of hydrogen-bond donors (Lipinski definition) is 4. The predicted molar refractivity (Wildman–Crippen MR) is 123 cm³/mol. The van der Waals surface area contributed by atoms with E-state index in [0.717, 1.165) is 26.2 Å². The van der Waals surface area contributed by atoms with E-state index in [-0.39, 0.29) is 21.7 Å². The molecule has 28 heavy (non-hydrogen) atoms. The largest absolute Gasteiger partial charge is 0.316 e. The number of rotatable bonds is 8. The van der Waals surface area contributed by atoms with Crippen molar-refractivity contribution in [3.63, 3.8) is 0 Å². The molecule has 0 aromatic rings. The minimum Gasteiger partial charge on any atom is -0.316 e.